The first-order chi connectivity index (χ1) is 14.8. The van der Waals surface area contributed by atoms with E-state index in [0.717, 1.165) is 55.9 Å². The van der Waals surface area contributed by atoms with Crippen LogP contribution in [0.15, 0.2) is 42.7 Å². The second-order valence-electron chi connectivity index (χ2n) is 7.62. The molecule has 1 aliphatic carbocycles. The lowest BCUT2D eigenvalue weighted by atomic mass is 9.94. The highest BCUT2D eigenvalue weighted by atomic mass is 16.5. The van der Waals surface area contributed by atoms with Crippen LogP contribution >= 0.6 is 0 Å². The van der Waals surface area contributed by atoms with Crippen LogP contribution in [0.3, 0.4) is 0 Å². The molecule has 1 aromatic carbocycles. The molecule has 2 N–H and O–H groups in total. The summed E-state index contributed by atoms with van der Waals surface area (Å²) in [6.45, 7) is 1.95. The van der Waals surface area contributed by atoms with Crippen LogP contribution in [-0.4, -0.2) is 38.8 Å². The maximum Gasteiger partial charge on any atom is 0.241 e. The van der Waals surface area contributed by atoms with E-state index in [1.807, 2.05) is 6.08 Å². The molecule has 0 radical (unpaired) electrons. The molecule has 0 unspecified atom stereocenters. The van der Waals surface area contributed by atoms with Gasteiger partial charge in [-0.1, -0.05) is 6.08 Å². The zero-order chi connectivity index (χ0) is 20.3. The van der Waals surface area contributed by atoms with Crippen LogP contribution in [0, 0.1) is 0 Å². The third-order valence-electron chi connectivity index (χ3n) is 5.61. The summed E-state index contributed by atoms with van der Waals surface area (Å²) in [6.07, 6.45) is 11.3. The van der Waals surface area contributed by atoms with Crippen LogP contribution in [0.1, 0.15) is 58.4 Å². The van der Waals surface area contributed by atoms with E-state index in [2.05, 4.69) is 31.3 Å². The second-order valence-corrected chi connectivity index (χ2v) is 7.62. The Labute approximate surface area is 174 Å². The van der Waals surface area contributed by atoms with Crippen molar-refractivity contribution in [1.29, 1.82) is 0 Å². The van der Waals surface area contributed by atoms with Crippen LogP contribution in [0.5, 0.6) is 11.6 Å². The molecule has 7 nitrogen and oxygen atoms in total. The van der Waals surface area contributed by atoms with Crippen LogP contribution in [-0.2, 0) is 6.42 Å². The SMILES string of the molecule is O=C(c1ccc(Oc2nccnc2C2CCNCC2)cc1)c1nc2c([nH]1)CCC=C2. The Bertz CT molecular complexity index is 1080. The second kappa shape index (κ2) is 8.20. The van der Waals surface area contributed by atoms with Gasteiger partial charge in [0.25, 0.3) is 0 Å². The van der Waals surface area contributed by atoms with E-state index in [9.17, 15) is 4.79 Å². The fourth-order valence-electron chi connectivity index (χ4n) is 3.99. The molecule has 152 valence electrons. The summed E-state index contributed by atoms with van der Waals surface area (Å²) in [4.78, 5) is 29.3. The Morgan fingerprint density at radius 2 is 1.87 bits per heavy atom. The number of benzene rings is 1. The van der Waals surface area contributed by atoms with E-state index in [-0.39, 0.29) is 5.78 Å². The van der Waals surface area contributed by atoms with Crippen molar-refractivity contribution in [2.45, 2.75) is 31.6 Å². The van der Waals surface area contributed by atoms with E-state index >= 15 is 0 Å². The molecule has 0 saturated carbocycles. The fraction of sp³-hybridized carbons (Fsp3) is 0.304. The minimum absolute atomic E-state index is 0.126. The number of ketones is 1. The first kappa shape index (κ1) is 18.7. The molecule has 2 aromatic heterocycles. The number of hydrogen-bond acceptors (Lipinski definition) is 6. The normalized spacial score (nSPS) is 16.3. The molecule has 3 aromatic rings. The van der Waals surface area contributed by atoms with Crippen LogP contribution < -0.4 is 10.1 Å². The third-order valence-corrected chi connectivity index (χ3v) is 5.61. The summed E-state index contributed by atoms with van der Waals surface area (Å²) < 4.78 is 6.03. The van der Waals surface area contributed by atoms with E-state index in [0.29, 0.717) is 28.9 Å². The highest BCUT2D eigenvalue weighted by Gasteiger charge is 2.22. The minimum atomic E-state index is -0.126. The van der Waals surface area contributed by atoms with Gasteiger partial charge >= 0.3 is 0 Å². The van der Waals surface area contributed by atoms with Gasteiger partial charge in [0.05, 0.1) is 5.69 Å². The number of ether oxygens (including phenoxy) is 1. The first-order valence-corrected chi connectivity index (χ1v) is 10.4. The summed E-state index contributed by atoms with van der Waals surface area (Å²) in [5.74, 6) is 1.76. The Balaban J connectivity index is 1.33. The molecule has 5 rings (SSSR count). The van der Waals surface area contributed by atoms with Crippen molar-refractivity contribution in [2.75, 3.05) is 13.1 Å². The number of aromatic amines is 1. The number of hydrogen-bond donors (Lipinski definition) is 2. The van der Waals surface area contributed by atoms with Crippen molar-refractivity contribution in [1.82, 2.24) is 25.3 Å². The number of nitrogens with zero attached hydrogens (tertiary/aromatic N) is 3. The molecule has 0 spiro atoms. The van der Waals surface area contributed by atoms with Gasteiger partial charge in [-0.25, -0.2) is 9.97 Å². The zero-order valence-corrected chi connectivity index (χ0v) is 16.6. The Morgan fingerprint density at radius 1 is 1.07 bits per heavy atom. The van der Waals surface area contributed by atoms with Crippen LogP contribution in [0.4, 0.5) is 0 Å². The number of rotatable bonds is 5. The van der Waals surface area contributed by atoms with Gasteiger partial charge in [0, 0.05) is 29.6 Å². The van der Waals surface area contributed by atoms with Gasteiger partial charge in [0.2, 0.25) is 11.7 Å². The molecular formula is C23H23N5O2. The van der Waals surface area contributed by atoms with Crippen molar-refractivity contribution in [3.63, 3.8) is 0 Å². The molecule has 1 fully saturated rings. The molecule has 30 heavy (non-hydrogen) atoms. The van der Waals surface area contributed by atoms with Gasteiger partial charge in [-0.2, -0.15) is 0 Å². The highest BCUT2D eigenvalue weighted by Crippen LogP contribution is 2.32. The molecule has 7 heteroatoms. The number of piperidine rings is 1. The first-order valence-electron chi connectivity index (χ1n) is 10.4. The van der Waals surface area contributed by atoms with E-state index < -0.39 is 0 Å². The van der Waals surface area contributed by atoms with Gasteiger partial charge in [0.1, 0.15) is 11.4 Å². The number of allylic oxidation sites excluding steroid dienone is 1. The predicted octanol–water partition coefficient (Wildman–Crippen LogP) is 3.65. The molecule has 0 amide bonds. The number of fused-ring (bicyclic) bond motifs is 1. The highest BCUT2D eigenvalue weighted by molar-refractivity contribution is 6.06. The van der Waals surface area contributed by atoms with Crippen molar-refractivity contribution < 1.29 is 9.53 Å². The third kappa shape index (κ3) is 3.76. The lowest BCUT2D eigenvalue weighted by Crippen LogP contribution is -2.27. The maximum absolute atomic E-state index is 12.8. The van der Waals surface area contributed by atoms with E-state index in [4.69, 9.17) is 4.74 Å². The van der Waals surface area contributed by atoms with E-state index in [1.165, 1.54) is 0 Å². The zero-order valence-electron chi connectivity index (χ0n) is 16.6. The lowest BCUT2D eigenvalue weighted by molar-refractivity contribution is 0.103. The molecule has 0 bridgehead atoms. The van der Waals surface area contributed by atoms with Crippen molar-refractivity contribution in [3.8, 4) is 11.6 Å². The van der Waals surface area contributed by atoms with Gasteiger partial charge in [-0.05, 0) is 69.1 Å². The van der Waals surface area contributed by atoms with Crippen molar-refractivity contribution in [2.24, 2.45) is 0 Å². The number of aryl methyl sites for hydroxylation is 1. The van der Waals surface area contributed by atoms with E-state index in [1.54, 1.807) is 36.7 Å². The quantitative estimate of drug-likeness (QED) is 0.634. The monoisotopic (exact) mass is 401 g/mol. The Kier molecular flexibility index (Phi) is 5.11. The Morgan fingerprint density at radius 3 is 2.67 bits per heavy atom. The molecule has 1 saturated heterocycles. The average molecular weight is 401 g/mol. The average Bonchev–Trinajstić information content (AvgIpc) is 3.24. The number of nitrogens with one attached hydrogen (secondary N) is 2. The smallest absolute Gasteiger partial charge is 0.241 e. The minimum Gasteiger partial charge on any atom is -0.437 e. The van der Waals surface area contributed by atoms with Gasteiger partial charge in [0.15, 0.2) is 5.82 Å². The summed E-state index contributed by atoms with van der Waals surface area (Å²) in [5, 5.41) is 3.37. The number of H-pyrrole nitrogens is 1. The summed E-state index contributed by atoms with van der Waals surface area (Å²) in [5.41, 5.74) is 3.34. The summed E-state index contributed by atoms with van der Waals surface area (Å²) in [7, 11) is 0. The topological polar surface area (TPSA) is 92.8 Å². The summed E-state index contributed by atoms with van der Waals surface area (Å²) in [6, 6.07) is 7.10. The van der Waals surface area contributed by atoms with Crippen LogP contribution in [0.25, 0.3) is 6.08 Å². The number of carbonyl (C=O) groups is 1. The maximum atomic E-state index is 12.8. The fourth-order valence-corrected chi connectivity index (χ4v) is 3.99. The molecule has 3 heterocycles. The Hall–Kier alpha value is -3.32. The summed E-state index contributed by atoms with van der Waals surface area (Å²) >= 11 is 0. The molecule has 1 aliphatic heterocycles. The lowest BCUT2D eigenvalue weighted by Gasteiger charge is -2.23. The standard InChI is InChI=1S/C23H23N5O2/c29-21(22-27-18-3-1-2-4-19(18)28-22)16-5-7-17(8-6-16)30-23-20(25-13-14-26-23)15-9-11-24-12-10-15/h1,3,5-8,13-15,24H,2,4,9-12H2,(H,27,28). The van der Waals surface area contributed by atoms with Crippen LogP contribution in [0.2, 0.25) is 0 Å². The van der Waals surface area contributed by atoms with Crippen molar-refractivity contribution in [3.05, 3.63) is 71.2 Å². The number of imidazole rings is 1. The largest absolute Gasteiger partial charge is 0.437 e. The van der Waals surface area contributed by atoms with Gasteiger partial charge in [-0.15, -0.1) is 0 Å². The number of aromatic nitrogens is 4. The number of carbonyl (C=O) groups excluding carboxylic acids is 1. The van der Waals surface area contributed by atoms with Gasteiger partial charge < -0.3 is 15.0 Å². The molecular weight excluding hydrogens is 378 g/mol. The molecule has 2 aliphatic rings. The predicted molar refractivity (Wildman–Crippen MR) is 113 cm³/mol. The molecule has 0 atom stereocenters. The van der Waals surface area contributed by atoms with Gasteiger partial charge in [-0.3, -0.25) is 9.78 Å². The van der Waals surface area contributed by atoms with Crippen molar-refractivity contribution >= 4 is 11.9 Å².